The van der Waals surface area contributed by atoms with Crippen molar-refractivity contribution in [2.45, 2.75) is 0 Å². The molecule has 0 radical (unpaired) electrons. The third-order valence-electron chi connectivity index (χ3n) is 0. The molecule has 64 valence electrons. The van der Waals surface area contributed by atoms with Crippen LogP contribution in [0.1, 0.15) is 0 Å². The first-order valence-corrected chi connectivity index (χ1v) is 0. The summed E-state index contributed by atoms with van der Waals surface area (Å²) in [6, 6.07) is 0. The monoisotopic (exact) mass is 316 g/mol. The fourth-order valence-corrected chi connectivity index (χ4v) is 0. The normalized spacial score (nSPS) is 0. The van der Waals surface area contributed by atoms with E-state index >= 15 is 0 Å². The summed E-state index contributed by atoms with van der Waals surface area (Å²) >= 11 is 0. The van der Waals surface area contributed by atoms with Gasteiger partial charge in [0.1, 0.15) is 0 Å². The van der Waals surface area contributed by atoms with Crippen LogP contribution in [0, 0.1) is 0 Å². The van der Waals surface area contributed by atoms with Gasteiger partial charge in [0.25, 0.3) is 0 Å². The van der Waals surface area contributed by atoms with Crippen molar-refractivity contribution in [3.63, 3.8) is 0 Å². The Morgan fingerprint density at radius 1 is 0.333 bits per heavy atom. The molecule has 0 aromatic heterocycles. The predicted molar refractivity (Wildman–Crippen MR) is 27.4 cm³/mol. The maximum absolute atomic E-state index is 0. The van der Waals surface area contributed by atoms with E-state index in [4.69, 9.17) is 0 Å². The second kappa shape index (κ2) is 215. The van der Waals surface area contributed by atoms with E-state index in [2.05, 4.69) is 0 Å². The molecule has 9 heavy (non-hydrogen) atoms. The van der Waals surface area contributed by atoms with E-state index in [0.29, 0.717) is 0 Å². The standard InChI is InChI=1S/Ba.2ClH.6H2O/h;2*1H;6*1H2/q+2;;;;;;;;/p-2. The van der Waals surface area contributed by atoms with Crippen molar-refractivity contribution in [1.82, 2.24) is 0 Å². The Morgan fingerprint density at radius 2 is 0.333 bits per heavy atom. The first kappa shape index (κ1) is 293. The SMILES string of the molecule is O.O.O.O.O.O.[Ba+2].[Cl-].[Cl-]. The van der Waals surface area contributed by atoms with Crippen LogP contribution >= 0.6 is 0 Å². The summed E-state index contributed by atoms with van der Waals surface area (Å²) in [4.78, 5) is 0. The molecule has 0 fully saturated rings. The Labute approximate surface area is 105 Å². The molecule has 0 aromatic rings. The molecule has 0 atom stereocenters. The van der Waals surface area contributed by atoms with Gasteiger partial charge in [-0.2, -0.15) is 0 Å². The van der Waals surface area contributed by atoms with E-state index in [1.165, 1.54) is 0 Å². The molecule has 6 nitrogen and oxygen atoms in total. The molecule has 0 unspecified atom stereocenters. The number of rotatable bonds is 0. The summed E-state index contributed by atoms with van der Waals surface area (Å²) in [5, 5.41) is 0. The number of hydrogen-bond acceptors (Lipinski definition) is 0. The Bertz CT molecular complexity index is 11.0. The molecule has 0 heterocycles. The molecular weight excluding hydrogens is 304 g/mol. The fourth-order valence-electron chi connectivity index (χ4n) is 0. The zero-order chi connectivity index (χ0) is 0. The van der Waals surface area contributed by atoms with Gasteiger partial charge < -0.3 is 57.7 Å². The predicted octanol–water partition coefficient (Wildman–Crippen LogP) is -11.3. The minimum absolute atomic E-state index is 0. The second-order valence-electron chi connectivity index (χ2n) is 0. The van der Waals surface area contributed by atoms with E-state index in [0.717, 1.165) is 0 Å². The molecule has 0 aliphatic rings. The van der Waals surface area contributed by atoms with Gasteiger partial charge in [-0.15, -0.1) is 0 Å². The van der Waals surface area contributed by atoms with E-state index in [1.807, 2.05) is 0 Å². The first-order chi connectivity index (χ1) is 0. The van der Waals surface area contributed by atoms with Gasteiger partial charge in [-0.1, -0.05) is 0 Å². The van der Waals surface area contributed by atoms with Crippen LogP contribution in [0.2, 0.25) is 0 Å². The molecule has 0 saturated carbocycles. The molecule has 0 saturated heterocycles. The van der Waals surface area contributed by atoms with Crippen LogP contribution < -0.4 is 24.8 Å². The molecular formula is H12BaCl2O6. The molecule has 0 aromatic carbocycles. The van der Waals surface area contributed by atoms with Crippen LogP contribution in [-0.2, 0) is 0 Å². The summed E-state index contributed by atoms with van der Waals surface area (Å²) < 4.78 is 0. The third-order valence-corrected chi connectivity index (χ3v) is 0. The van der Waals surface area contributed by atoms with Crippen molar-refractivity contribution >= 4 is 48.9 Å². The Balaban J connectivity index is 0. The van der Waals surface area contributed by atoms with Crippen LogP contribution in [0.4, 0.5) is 0 Å². The number of hydrogen-bond donors (Lipinski definition) is 0. The molecule has 0 aliphatic heterocycles. The van der Waals surface area contributed by atoms with Gasteiger partial charge in [0.05, 0.1) is 0 Å². The molecule has 12 N–H and O–H groups in total. The maximum atomic E-state index is 0. The average Bonchev–Trinajstić information content (AvgIpc) is 0. The molecule has 0 spiro atoms. The van der Waals surface area contributed by atoms with E-state index in [9.17, 15) is 0 Å². The summed E-state index contributed by atoms with van der Waals surface area (Å²) in [6.07, 6.45) is 0. The van der Waals surface area contributed by atoms with Crippen LogP contribution in [0.3, 0.4) is 0 Å². The van der Waals surface area contributed by atoms with Crippen molar-refractivity contribution in [1.29, 1.82) is 0 Å². The van der Waals surface area contributed by atoms with E-state index in [-0.39, 0.29) is 107 Å². The fraction of sp³-hybridized carbons (Fsp3) is 0. The minimum Gasteiger partial charge on any atom is -1.00 e. The number of halogens is 2. The van der Waals surface area contributed by atoms with Gasteiger partial charge in [0.15, 0.2) is 0 Å². The zero-order valence-electron chi connectivity index (χ0n) is 4.46. The Morgan fingerprint density at radius 3 is 0.333 bits per heavy atom. The van der Waals surface area contributed by atoms with Gasteiger partial charge in [-0.25, -0.2) is 0 Å². The Hall–Kier alpha value is 1.91. The van der Waals surface area contributed by atoms with Crippen LogP contribution in [0.25, 0.3) is 0 Å². The summed E-state index contributed by atoms with van der Waals surface area (Å²) in [5.41, 5.74) is 0. The summed E-state index contributed by atoms with van der Waals surface area (Å²) in [7, 11) is 0. The summed E-state index contributed by atoms with van der Waals surface area (Å²) in [5.74, 6) is 0. The van der Waals surface area contributed by atoms with Gasteiger partial charge in [-0.3, -0.25) is 0 Å². The van der Waals surface area contributed by atoms with Crippen molar-refractivity contribution in [3.05, 3.63) is 0 Å². The summed E-state index contributed by atoms with van der Waals surface area (Å²) in [6.45, 7) is 0. The first-order valence-electron chi connectivity index (χ1n) is 0. The molecule has 0 amide bonds. The van der Waals surface area contributed by atoms with E-state index < -0.39 is 0 Å². The largest absolute Gasteiger partial charge is 2.00 e. The molecule has 9 heteroatoms. The Kier molecular flexibility index (Phi) is 7020. The van der Waals surface area contributed by atoms with Gasteiger partial charge in [-0.05, 0) is 0 Å². The van der Waals surface area contributed by atoms with Crippen LogP contribution in [0.5, 0.6) is 0 Å². The molecule has 0 rings (SSSR count). The van der Waals surface area contributed by atoms with Gasteiger partial charge >= 0.3 is 48.9 Å². The van der Waals surface area contributed by atoms with Crippen molar-refractivity contribution in [2.75, 3.05) is 0 Å². The van der Waals surface area contributed by atoms with E-state index in [1.54, 1.807) is 0 Å². The van der Waals surface area contributed by atoms with Crippen LogP contribution in [0.15, 0.2) is 0 Å². The minimum atomic E-state index is 0. The van der Waals surface area contributed by atoms with Crippen molar-refractivity contribution in [3.8, 4) is 0 Å². The molecule has 0 aliphatic carbocycles. The topological polar surface area (TPSA) is 189 Å². The van der Waals surface area contributed by atoms with Crippen LogP contribution in [-0.4, -0.2) is 81.7 Å². The smallest absolute Gasteiger partial charge is 1.00 e. The zero-order valence-corrected chi connectivity index (χ0v) is 10.4. The van der Waals surface area contributed by atoms with Gasteiger partial charge in [0, 0.05) is 0 Å². The maximum Gasteiger partial charge on any atom is 2.00 e. The van der Waals surface area contributed by atoms with Crippen molar-refractivity contribution < 1.29 is 57.7 Å². The van der Waals surface area contributed by atoms with Crippen molar-refractivity contribution in [2.24, 2.45) is 0 Å². The average molecular weight is 316 g/mol. The second-order valence-corrected chi connectivity index (χ2v) is 0. The third kappa shape index (κ3) is 170. The quantitative estimate of drug-likeness (QED) is 0.384. The van der Waals surface area contributed by atoms with Gasteiger partial charge in [0.2, 0.25) is 0 Å². The molecule has 0 bridgehead atoms.